The Morgan fingerprint density at radius 1 is 1.11 bits per heavy atom. The lowest BCUT2D eigenvalue weighted by molar-refractivity contribution is 0.0828. The smallest absolute Gasteiger partial charge is 0.174 e. The van der Waals surface area contributed by atoms with E-state index in [1.807, 2.05) is 12.1 Å². The zero-order valence-corrected chi connectivity index (χ0v) is 11.1. The number of hydrogen-bond donors (Lipinski definition) is 0. The van der Waals surface area contributed by atoms with Crippen LogP contribution in [0.25, 0.3) is 0 Å². The molecular weight excluding hydrogens is 224 g/mol. The number of Topliss-reactive ketones (excluding diaryl/α,β-unsaturated/α-hetero) is 2. The Bertz CT molecular complexity index is 427. The highest BCUT2D eigenvalue weighted by Crippen LogP contribution is 2.30. The van der Waals surface area contributed by atoms with Gasteiger partial charge in [0.2, 0.25) is 0 Å². The molecule has 0 aliphatic heterocycles. The molecule has 2 nitrogen and oxygen atoms in total. The summed E-state index contributed by atoms with van der Waals surface area (Å²) in [4.78, 5) is 24.3. The third kappa shape index (κ3) is 2.38. The molecule has 1 unspecified atom stereocenters. The van der Waals surface area contributed by atoms with Crippen LogP contribution in [-0.2, 0) is 0 Å². The molecule has 96 valence electrons. The number of rotatable bonds is 5. The van der Waals surface area contributed by atoms with Gasteiger partial charge in [-0.3, -0.25) is 9.59 Å². The van der Waals surface area contributed by atoms with E-state index in [4.69, 9.17) is 0 Å². The minimum atomic E-state index is -0.411. The van der Waals surface area contributed by atoms with Crippen molar-refractivity contribution >= 4 is 11.6 Å². The molecule has 18 heavy (non-hydrogen) atoms. The molecule has 1 atom stereocenters. The number of fused-ring (bicyclic) bond motifs is 1. The molecule has 0 N–H and O–H groups in total. The monoisotopic (exact) mass is 244 g/mol. The SMILES string of the molecule is CCC(C)CCCC1C(=O)c2ccccc2C1=O. The van der Waals surface area contributed by atoms with Gasteiger partial charge in [-0.1, -0.05) is 57.4 Å². The van der Waals surface area contributed by atoms with Gasteiger partial charge in [-0.25, -0.2) is 0 Å². The van der Waals surface area contributed by atoms with Crippen LogP contribution in [0.4, 0.5) is 0 Å². The maximum atomic E-state index is 12.1. The fourth-order valence-electron chi connectivity index (χ4n) is 2.54. The van der Waals surface area contributed by atoms with E-state index in [0.29, 0.717) is 23.5 Å². The molecule has 0 amide bonds. The van der Waals surface area contributed by atoms with E-state index in [-0.39, 0.29) is 11.6 Å². The minimum Gasteiger partial charge on any atom is -0.293 e. The van der Waals surface area contributed by atoms with Crippen molar-refractivity contribution in [2.24, 2.45) is 11.8 Å². The van der Waals surface area contributed by atoms with E-state index in [9.17, 15) is 9.59 Å². The van der Waals surface area contributed by atoms with E-state index in [1.165, 1.54) is 0 Å². The van der Waals surface area contributed by atoms with Crippen LogP contribution in [0.2, 0.25) is 0 Å². The molecule has 0 saturated heterocycles. The number of benzene rings is 1. The molecular formula is C16H20O2. The first-order valence-electron chi connectivity index (χ1n) is 6.82. The summed E-state index contributed by atoms with van der Waals surface area (Å²) in [6, 6.07) is 7.19. The second-order valence-corrected chi connectivity index (χ2v) is 5.27. The van der Waals surface area contributed by atoms with Gasteiger partial charge in [-0.15, -0.1) is 0 Å². The van der Waals surface area contributed by atoms with Crippen molar-refractivity contribution in [1.82, 2.24) is 0 Å². The standard InChI is InChI=1S/C16H20O2/c1-3-11(2)7-6-10-14-15(17)12-8-4-5-9-13(12)16(14)18/h4-5,8-9,11,14H,3,6-7,10H2,1-2H3. The average Bonchev–Trinajstić information content (AvgIpc) is 2.64. The lowest BCUT2D eigenvalue weighted by Gasteiger charge is -2.10. The van der Waals surface area contributed by atoms with Crippen LogP contribution in [0.5, 0.6) is 0 Å². The normalized spacial score (nSPS) is 17.0. The first-order valence-corrected chi connectivity index (χ1v) is 6.82. The molecule has 1 aliphatic rings. The Balaban J connectivity index is 2.01. The second-order valence-electron chi connectivity index (χ2n) is 5.27. The summed E-state index contributed by atoms with van der Waals surface area (Å²) < 4.78 is 0. The highest BCUT2D eigenvalue weighted by Gasteiger charge is 2.37. The molecule has 0 radical (unpaired) electrons. The Kier molecular flexibility index (Phi) is 3.95. The summed E-state index contributed by atoms with van der Waals surface area (Å²) in [5, 5.41) is 0. The summed E-state index contributed by atoms with van der Waals surface area (Å²) in [7, 11) is 0. The first kappa shape index (κ1) is 13.0. The molecule has 2 heteroatoms. The van der Waals surface area contributed by atoms with Gasteiger partial charge in [0, 0.05) is 11.1 Å². The van der Waals surface area contributed by atoms with E-state index in [1.54, 1.807) is 12.1 Å². The Morgan fingerprint density at radius 2 is 1.67 bits per heavy atom. The third-order valence-corrected chi connectivity index (χ3v) is 3.98. The quantitative estimate of drug-likeness (QED) is 0.736. The summed E-state index contributed by atoms with van der Waals surface area (Å²) >= 11 is 0. The molecule has 0 aromatic heterocycles. The van der Waals surface area contributed by atoms with Gasteiger partial charge >= 0.3 is 0 Å². The van der Waals surface area contributed by atoms with Gasteiger partial charge < -0.3 is 0 Å². The van der Waals surface area contributed by atoms with Gasteiger partial charge in [-0.2, -0.15) is 0 Å². The van der Waals surface area contributed by atoms with Crippen LogP contribution in [-0.4, -0.2) is 11.6 Å². The third-order valence-electron chi connectivity index (χ3n) is 3.98. The van der Waals surface area contributed by atoms with E-state index >= 15 is 0 Å². The molecule has 0 bridgehead atoms. The lowest BCUT2D eigenvalue weighted by Crippen LogP contribution is -2.15. The largest absolute Gasteiger partial charge is 0.293 e. The maximum Gasteiger partial charge on any atom is 0.174 e. The van der Waals surface area contributed by atoms with Gasteiger partial charge in [0.25, 0.3) is 0 Å². The van der Waals surface area contributed by atoms with Crippen LogP contribution in [0.1, 0.15) is 60.2 Å². The van der Waals surface area contributed by atoms with Crippen molar-refractivity contribution in [2.45, 2.75) is 39.5 Å². The zero-order valence-electron chi connectivity index (χ0n) is 11.1. The van der Waals surface area contributed by atoms with Crippen molar-refractivity contribution in [2.75, 3.05) is 0 Å². The Labute approximate surface area is 108 Å². The Morgan fingerprint density at radius 3 is 2.17 bits per heavy atom. The van der Waals surface area contributed by atoms with Crippen LogP contribution in [0, 0.1) is 11.8 Å². The minimum absolute atomic E-state index is 0.0275. The summed E-state index contributed by atoms with van der Waals surface area (Å²) in [6.45, 7) is 4.39. The molecule has 1 aliphatic carbocycles. The lowest BCUT2D eigenvalue weighted by atomic mass is 9.93. The second kappa shape index (κ2) is 5.47. The van der Waals surface area contributed by atoms with Crippen molar-refractivity contribution in [3.63, 3.8) is 0 Å². The summed E-state index contributed by atoms with van der Waals surface area (Å²) in [5.74, 6) is 0.324. The molecule has 1 aromatic rings. The predicted octanol–water partition coefficient (Wildman–Crippen LogP) is 3.90. The fourth-order valence-corrected chi connectivity index (χ4v) is 2.54. The molecule has 0 heterocycles. The average molecular weight is 244 g/mol. The number of carbonyl (C=O) groups excluding carboxylic acids is 2. The van der Waals surface area contributed by atoms with Crippen molar-refractivity contribution < 1.29 is 9.59 Å². The van der Waals surface area contributed by atoms with Crippen molar-refractivity contribution in [3.8, 4) is 0 Å². The maximum absolute atomic E-state index is 12.1. The summed E-state index contributed by atoms with van der Waals surface area (Å²) in [6.07, 6.45) is 3.93. The predicted molar refractivity (Wildman–Crippen MR) is 71.9 cm³/mol. The molecule has 0 saturated carbocycles. The van der Waals surface area contributed by atoms with E-state index in [0.717, 1.165) is 19.3 Å². The van der Waals surface area contributed by atoms with E-state index in [2.05, 4.69) is 13.8 Å². The van der Waals surface area contributed by atoms with Crippen molar-refractivity contribution in [1.29, 1.82) is 0 Å². The zero-order chi connectivity index (χ0) is 13.1. The number of ketones is 2. The summed E-state index contributed by atoms with van der Waals surface area (Å²) in [5.41, 5.74) is 1.24. The van der Waals surface area contributed by atoms with Gasteiger partial charge in [-0.05, 0) is 12.3 Å². The highest BCUT2D eigenvalue weighted by molar-refractivity contribution is 6.26. The van der Waals surface area contributed by atoms with Crippen LogP contribution in [0.3, 0.4) is 0 Å². The van der Waals surface area contributed by atoms with Gasteiger partial charge in [0.15, 0.2) is 11.6 Å². The molecule has 2 rings (SSSR count). The van der Waals surface area contributed by atoms with Gasteiger partial charge in [0.05, 0.1) is 5.92 Å². The Hall–Kier alpha value is -1.44. The topological polar surface area (TPSA) is 34.1 Å². The molecule has 0 fully saturated rings. The fraction of sp³-hybridized carbons (Fsp3) is 0.500. The van der Waals surface area contributed by atoms with Gasteiger partial charge in [0.1, 0.15) is 0 Å². The highest BCUT2D eigenvalue weighted by atomic mass is 16.2. The van der Waals surface area contributed by atoms with Crippen molar-refractivity contribution in [3.05, 3.63) is 35.4 Å². The van der Waals surface area contributed by atoms with Crippen LogP contribution in [0.15, 0.2) is 24.3 Å². The van der Waals surface area contributed by atoms with Crippen LogP contribution >= 0.6 is 0 Å². The molecule has 0 spiro atoms. The first-order chi connectivity index (χ1) is 8.65. The number of hydrogen-bond acceptors (Lipinski definition) is 2. The van der Waals surface area contributed by atoms with Crippen LogP contribution < -0.4 is 0 Å². The molecule has 1 aromatic carbocycles. The number of carbonyl (C=O) groups is 2. The van der Waals surface area contributed by atoms with E-state index < -0.39 is 5.92 Å².